The van der Waals surface area contributed by atoms with Crippen LogP contribution in [0.25, 0.3) is 10.2 Å². The van der Waals surface area contributed by atoms with Gasteiger partial charge in [0, 0.05) is 6.54 Å². The number of hydrogen-bond acceptors (Lipinski definition) is 5. The smallest absolute Gasteiger partial charge is 0.338 e. The first-order valence-corrected chi connectivity index (χ1v) is 10.6. The molecule has 3 rings (SSSR count). The summed E-state index contributed by atoms with van der Waals surface area (Å²) in [5, 5.41) is 0. The van der Waals surface area contributed by atoms with Crippen LogP contribution in [0.1, 0.15) is 29.8 Å². The van der Waals surface area contributed by atoms with E-state index in [4.69, 9.17) is 9.47 Å². The van der Waals surface area contributed by atoms with Gasteiger partial charge in [0.15, 0.2) is 4.80 Å². The zero-order valence-electron chi connectivity index (χ0n) is 17.1. The number of esters is 1. The van der Waals surface area contributed by atoms with Crippen LogP contribution in [0.4, 0.5) is 0 Å². The Balaban J connectivity index is 1.91. The summed E-state index contributed by atoms with van der Waals surface area (Å²) < 4.78 is 13.3. The van der Waals surface area contributed by atoms with Gasteiger partial charge in [-0.3, -0.25) is 4.79 Å². The number of carbonyl (C=O) groups is 2. The van der Waals surface area contributed by atoms with Crippen LogP contribution in [-0.4, -0.2) is 29.7 Å². The van der Waals surface area contributed by atoms with Gasteiger partial charge in [0.25, 0.3) is 5.91 Å². The molecule has 0 aliphatic rings. The van der Waals surface area contributed by atoms with Crippen molar-refractivity contribution in [2.45, 2.75) is 26.8 Å². The molecule has 1 heterocycles. The van der Waals surface area contributed by atoms with Crippen molar-refractivity contribution in [1.82, 2.24) is 4.57 Å². The quantitative estimate of drug-likeness (QED) is 0.403. The molecule has 1 amide bonds. The van der Waals surface area contributed by atoms with E-state index in [1.807, 2.05) is 41.8 Å². The summed E-state index contributed by atoms with van der Waals surface area (Å²) in [7, 11) is 0. The number of hydrogen-bond donors (Lipinski definition) is 0. The van der Waals surface area contributed by atoms with E-state index in [1.165, 1.54) is 11.3 Å². The van der Waals surface area contributed by atoms with Crippen molar-refractivity contribution < 1.29 is 19.1 Å². The molecular formula is C23H24N2O4S. The Kier molecular flexibility index (Phi) is 7.19. The summed E-state index contributed by atoms with van der Waals surface area (Å²) in [6, 6.07) is 12.8. The average Bonchev–Trinajstić information content (AvgIpc) is 3.06. The van der Waals surface area contributed by atoms with Crippen molar-refractivity contribution in [1.29, 1.82) is 0 Å². The molecule has 0 unspecified atom stereocenters. The highest BCUT2D eigenvalue weighted by atomic mass is 32.1. The summed E-state index contributed by atoms with van der Waals surface area (Å²) in [6.07, 6.45) is 1.95. The van der Waals surface area contributed by atoms with E-state index in [1.54, 1.807) is 25.1 Å². The largest absolute Gasteiger partial charge is 0.494 e. The van der Waals surface area contributed by atoms with Crippen molar-refractivity contribution in [3.63, 3.8) is 0 Å². The molecule has 0 aliphatic carbocycles. The molecule has 7 heteroatoms. The van der Waals surface area contributed by atoms with Gasteiger partial charge < -0.3 is 14.0 Å². The van der Waals surface area contributed by atoms with Gasteiger partial charge in [0.05, 0.1) is 35.4 Å². The second kappa shape index (κ2) is 10.0. The number of carbonyl (C=O) groups excluding carboxylic acids is 2. The Bertz CT molecular complexity index is 1130. The highest BCUT2D eigenvalue weighted by Crippen LogP contribution is 2.20. The third kappa shape index (κ3) is 5.04. The predicted octanol–water partition coefficient (Wildman–Crippen LogP) is 4.13. The van der Waals surface area contributed by atoms with Gasteiger partial charge in [0.1, 0.15) is 5.75 Å². The highest BCUT2D eigenvalue weighted by Gasteiger charge is 2.12. The van der Waals surface area contributed by atoms with Gasteiger partial charge in [-0.05, 0) is 49.7 Å². The van der Waals surface area contributed by atoms with Gasteiger partial charge >= 0.3 is 5.97 Å². The van der Waals surface area contributed by atoms with E-state index in [2.05, 4.69) is 11.6 Å². The minimum absolute atomic E-state index is 0.197. The minimum atomic E-state index is -0.367. The number of benzene rings is 2. The van der Waals surface area contributed by atoms with Crippen LogP contribution in [-0.2, 0) is 22.5 Å². The van der Waals surface area contributed by atoms with Crippen LogP contribution < -0.4 is 9.54 Å². The number of thiazole rings is 1. The lowest BCUT2D eigenvalue weighted by molar-refractivity contribution is -0.117. The summed E-state index contributed by atoms with van der Waals surface area (Å²) in [5.74, 6) is 0.165. The first kappa shape index (κ1) is 21.5. The normalized spacial score (nSPS) is 11.5. The topological polar surface area (TPSA) is 69.9 Å². The Morgan fingerprint density at radius 2 is 1.90 bits per heavy atom. The third-order valence-electron chi connectivity index (χ3n) is 4.32. The molecule has 0 spiro atoms. The fourth-order valence-electron chi connectivity index (χ4n) is 3.00. The molecule has 0 bridgehead atoms. The summed E-state index contributed by atoms with van der Waals surface area (Å²) >= 11 is 1.36. The van der Waals surface area contributed by atoms with Crippen molar-refractivity contribution >= 4 is 33.4 Å². The number of amides is 1. The number of rotatable bonds is 8. The molecule has 6 nitrogen and oxygen atoms in total. The van der Waals surface area contributed by atoms with Crippen molar-refractivity contribution in [2.75, 3.05) is 13.2 Å². The number of ether oxygens (including phenoxy) is 2. The van der Waals surface area contributed by atoms with Crippen molar-refractivity contribution in [2.24, 2.45) is 4.99 Å². The van der Waals surface area contributed by atoms with Crippen molar-refractivity contribution in [3.8, 4) is 5.75 Å². The molecule has 2 aromatic carbocycles. The third-order valence-corrected chi connectivity index (χ3v) is 5.36. The zero-order valence-corrected chi connectivity index (χ0v) is 17.9. The summed E-state index contributed by atoms with van der Waals surface area (Å²) in [5.41, 5.74) is 2.23. The molecular weight excluding hydrogens is 400 g/mol. The van der Waals surface area contributed by atoms with Gasteiger partial charge in [-0.2, -0.15) is 4.99 Å². The Labute approximate surface area is 179 Å². The number of aromatic nitrogens is 1. The first-order chi connectivity index (χ1) is 14.5. The monoisotopic (exact) mass is 424 g/mol. The maximum atomic E-state index is 12.6. The van der Waals surface area contributed by atoms with Crippen LogP contribution in [0.15, 0.2) is 60.1 Å². The molecule has 1 aromatic heterocycles. The molecule has 0 radical (unpaired) electrons. The Morgan fingerprint density at radius 1 is 1.13 bits per heavy atom. The van der Waals surface area contributed by atoms with E-state index < -0.39 is 0 Å². The number of nitrogens with zero attached hydrogens (tertiary/aromatic N) is 2. The molecule has 0 saturated heterocycles. The molecule has 0 saturated carbocycles. The maximum absolute atomic E-state index is 12.6. The standard InChI is InChI=1S/C23H24N2O4S/c1-4-13-25-19-12-9-17(22(27)29-6-3)15-20(19)30-23(25)24-21(26)14-16-7-10-18(11-8-16)28-5-2/h4,7-12,15H,1,5-6,13-14H2,2-3H3. The van der Waals surface area contributed by atoms with Crippen LogP contribution >= 0.6 is 11.3 Å². The van der Waals surface area contributed by atoms with E-state index in [9.17, 15) is 9.59 Å². The number of fused-ring (bicyclic) bond motifs is 1. The minimum Gasteiger partial charge on any atom is -0.494 e. The molecule has 30 heavy (non-hydrogen) atoms. The second-order valence-electron chi connectivity index (χ2n) is 6.45. The molecule has 0 atom stereocenters. The Hall–Kier alpha value is -3.19. The predicted molar refractivity (Wildman–Crippen MR) is 118 cm³/mol. The van der Waals surface area contributed by atoms with Crippen LogP contribution in [0.5, 0.6) is 5.75 Å². The van der Waals surface area contributed by atoms with E-state index in [0.29, 0.717) is 30.1 Å². The van der Waals surface area contributed by atoms with Gasteiger partial charge in [-0.1, -0.05) is 29.5 Å². The molecule has 3 aromatic rings. The molecule has 0 fully saturated rings. The van der Waals surface area contributed by atoms with Gasteiger partial charge in [-0.15, -0.1) is 6.58 Å². The fraction of sp³-hybridized carbons (Fsp3) is 0.261. The molecule has 0 N–H and O–H groups in total. The van der Waals surface area contributed by atoms with E-state index in [-0.39, 0.29) is 18.3 Å². The van der Waals surface area contributed by atoms with Gasteiger partial charge in [0.2, 0.25) is 0 Å². The molecule has 0 aliphatic heterocycles. The lowest BCUT2D eigenvalue weighted by Gasteiger charge is -2.04. The summed E-state index contributed by atoms with van der Waals surface area (Å²) in [6.45, 7) is 8.92. The van der Waals surface area contributed by atoms with Crippen LogP contribution in [0.3, 0.4) is 0 Å². The SMILES string of the molecule is C=CCn1c(=NC(=O)Cc2ccc(OCC)cc2)sc2cc(C(=O)OCC)ccc21. The van der Waals surface area contributed by atoms with E-state index >= 15 is 0 Å². The molecule has 156 valence electrons. The lowest BCUT2D eigenvalue weighted by atomic mass is 10.1. The first-order valence-electron chi connectivity index (χ1n) is 9.76. The zero-order chi connectivity index (χ0) is 21.5. The highest BCUT2D eigenvalue weighted by molar-refractivity contribution is 7.16. The number of allylic oxidation sites excluding steroid dienone is 1. The van der Waals surface area contributed by atoms with Gasteiger partial charge in [-0.25, -0.2) is 4.79 Å². The average molecular weight is 425 g/mol. The summed E-state index contributed by atoms with van der Waals surface area (Å²) in [4.78, 5) is 29.5. The lowest BCUT2D eigenvalue weighted by Crippen LogP contribution is -2.17. The second-order valence-corrected chi connectivity index (χ2v) is 7.46. The Morgan fingerprint density at radius 3 is 2.57 bits per heavy atom. The van der Waals surface area contributed by atoms with Crippen LogP contribution in [0.2, 0.25) is 0 Å². The van der Waals surface area contributed by atoms with E-state index in [0.717, 1.165) is 21.5 Å². The van der Waals surface area contributed by atoms with Crippen LogP contribution in [0, 0.1) is 0 Å². The van der Waals surface area contributed by atoms with Crippen molar-refractivity contribution in [3.05, 3.63) is 71.0 Å². The maximum Gasteiger partial charge on any atom is 0.338 e. The fourth-order valence-corrected chi connectivity index (χ4v) is 4.09.